The number of hydrazine groups is 1. The summed E-state index contributed by atoms with van der Waals surface area (Å²) >= 11 is 8.40. The van der Waals surface area contributed by atoms with E-state index in [4.69, 9.17) is 17.0 Å². The summed E-state index contributed by atoms with van der Waals surface area (Å²) in [6, 6.07) is 16.7. The van der Waals surface area contributed by atoms with E-state index < -0.39 is 16.7 Å². The molecule has 0 atom stereocenters. The van der Waals surface area contributed by atoms with E-state index in [1.807, 2.05) is 30.3 Å². The van der Waals surface area contributed by atoms with Gasteiger partial charge in [0, 0.05) is 6.07 Å². The van der Waals surface area contributed by atoms with Crippen molar-refractivity contribution in [1.29, 1.82) is 0 Å². The minimum atomic E-state index is -0.782. The van der Waals surface area contributed by atoms with Crippen molar-refractivity contribution in [2.45, 2.75) is 0 Å². The highest BCUT2D eigenvalue weighted by Crippen LogP contribution is 2.32. The molecule has 3 N–H and O–H groups in total. The normalized spacial score (nSPS) is 10.2. The predicted octanol–water partition coefficient (Wildman–Crippen LogP) is 3.23. The summed E-state index contributed by atoms with van der Waals surface area (Å²) in [4.78, 5) is 34.6. The van der Waals surface area contributed by atoms with Gasteiger partial charge in [-0.15, -0.1) is 0 Å². The number of hydrogen-bond acceptors (Lipinski definition) is 6. The second-order valence-corrected chi connectivity index (χ2v) is 7.32. The SMILES string of the molecule is O=C(COc1ccc2ccccc2c1Br)NNC(=S)NC(=O)c1ccccc1[N+](=O)[O-]. The lowest BCUT2D eigenvalue weighted by atomic mass is 10.1. The third-order valence-electron chi connectivity index (χ3n) is 4.07. The molecule has 3 rings (SSSR count). The zero-order valence-corrected chi connectivity index (χ0v) is 18.2. The second kappa shape index (κ2) is 9.96. The largest absolute Gasteiger partial charge is 0.483 e. The first-order valence-corrected chi connectivity index (χ1v) is 10.0. The van der Waals surface area contributed by atoms with Crippen LogP contribution in [0.3, 0.4) is 0 Å². The van der Waals surface area contributed by atoms with E-state index in [-0.39, 0.29) is 23.0 Å². The van der Waals surface area contributed by atoms with Crippen LogP contribution in [0.1, 0.15) is 10.4 Å². The number of para-hydroxylation sites is 1. The number of ether oxygens (including phenoxy) is 1. The number of nitro groups is 1. The number of nitrogens with one attached hydrogen (secondary N) is 3. The van der Waals surface area contributed by atoms with Gasteiger partial charge in [-0.05, 0) is 51.1 Å². The molecule has 0 aliphatic rings. The fraction of sp³-hybridized carbons (Fsp3) is 0.0500. The number of carbonyl (C=O) groups is 2. The number of halogens is 1. The third kappa shape index (κ3) is 5.53. The van der Waals surface area contributed by atoms with Gasteiger partial charge in [0.25, 0.3) is 17.5 Å². The van der Waals surface area contributed by atoms with Gasteiger partial charge in [0.1, 0.15) is 11.3 Å². The van der Waals surface area contributed by atoms with E-state index in [1.165, 1.54) is 24.3 Å². The molecule has 11 heteroatoms. The molecule has 2 amide bonds. The Morgan fingerprint density at radius 3 is 2.52 bits per heavy atom. The zero-order chi connectivity index (χ0) is 22.4. The Balaban J connectivity index is 1.51. The van der Waals surface area contributed by atoms with Crippen molar-refractivity contribution in [3.63, 3.8) is 0 Å². The Kier molecular flexibility index (Phi) is 7.11. The first-order valence-electron chi connectivity index (χ1n) is 8.80. The van der Waals surface area contributed by atoms with E-state index in [9.17, 15) is 19.7 Å². The fourth-order valence-corrected chi connectivity index (χ4v) is 3.41. The number of benzene rings is 3. The second-order valence-electron chi connectivity index (χ2n) is 6.12. The Labute approximate surface area is 190 Å². The lowest BCUT2D eigenvalue weighted by Crippen LogP contribution is -2.49. The first-order chi connectivity index (χ1) is 14.9. The molecule has 0 bridgehead atoms. The van der Waals surface area contributed by atoms with Gasteiger partial charge in [-0.3, -0.25) is 35.9 Å². The zero-order valence-electron chi connectivity index (χ0n) is 15.8. The minimum Gasteiger partial charge on any atom is -0.483 e. The number of amides is 2. The minimum absolute atomic E-state index is 0.160. The highest BCUT2D eigenvalue weighted by molar-refractivity contribution is 9.10. The van der Waals surface area contributed by atoms with E-state index >= 15 is 0 Å². The summed E-state index contributed by atoms with van der Waals surface area (Å²) in [5, 5.41) is 15.0. The van der Waals surface area contributed by atoms with Crippen LogP contribution in [0.2, 0.25) is 0 Å². The molecule has 3 aromatic carbocycles. The van der Waals surface area contributed by atoms with Crippen LogP contribution in [0.4, 0.5) is 5.69 Å². The maximum absolute atomic E-state index is 12.2. The maximum atomic E-state index is 12.2. The summed E-state index contributed by atoms with van der Waals surface area (Å²) in [5.41, 5.74) is 4.12. The maximum Gasteiger partial charge on any atom is 0.282 e. The van der Waals surface area contributed by atoms with Crippen LogP contribution in [0.15, 0.2) is 65.1 Å². The van der Waals surface area contributed by atoms with Crippen LogP contribution in [-0.4, -0.2) is 28.5 Å². The van der Waals surface area contributed by atoms with Crippen molar-refractivity contribution < 1.29 is 19.2 Å². The van der Waals surface area contributed by atoms with Crippen molar-refractivity contribution in [2.75, 3.05) is 6.61 Å². The predicted molar refractivity (Wildman–Crippen MR) is 122 cm³/mol. The summed E-state index contributed by atoms with van der Waals surface area (Å²) in [7, 11) is 0. The Morgan fingerprint density at radius 1 is 1.03 bits per heavy atom. The number of hydrogen-bond donors (Lipinski definition) is 3. The number of rotatable bonds is 5. The monoisotopic (exact) mass is 502 g/mol. The van der Waals surface area contributed by atoms with Crippen molar-refractivity contribution in [3.8, 4) is 5.75 Å². The molecule has 0 unspecified atom stereocenters. The molecule has 0 aliphatic carbocycles. The Bertz CT molecular complexity index is 1190. The van der Waals surface area contributed by atoms with Crippen LogP contribution >= 0.6 is 28.1 Å². The van der Waals surface area contributed by atoms with Crippen molar-refractivity contribution >= 4 is 61.5 Å². The van der Waals surface area contributed by atoms with Gasteiger partial charge in [-0.25, -0.2) is 0 Å². The van der Waals surface area contributed by atoms with E-state index in [0.717, 1.165) is 15.2 Å². The highest BCUT2D eigenvalue weighted by Gasteiger charge is 2.20. The molecule has 31 heavy (non-hydrogen) atoms. The van der Waals surface area contributed by atoms with Crippen LogP contribution in [0.25, 0.3) is 10.8 Å². The number of carbonyl (C=O) groups excluding carboxylic acids is 2. The number of nitro benzene ring substituents is 1. The van der Waals surface area contributed by atoms with E-state index in [1.54, 1.807) is 6.07 Å². The summed E-state index contributed by atoms with van der Waals surface area (Å²) in [6.45, 7) is -0.315. The third-order valence-corrected chi connectivity index (χ3v) is 5.10. The van der Waals surface area contributed by atoms with Crippen molar-refractivity contribution in [1.82, 2.24) is 16.2 Å². The van der Waals surface area contributed by atoms with Crippen LogP contribution in [0.5, 0.6) is 5.75 Å². The molecule has 0 fully saturated rings. The highest BCUT2D eigenvalue weighted by atomic mass is 79.9. The molecule has 3 aromatic rings. The molecule has 158 valence electrons. The average Bonchev–Trinajstić information content (AvgIpc) is 2.77. The molecule has 9 nitrogen and oxygen atoms in total. The van der Waals surface area contributed by atoms with Crippen LogP contribution < -0.4 is 20.9 Å². The quantitative estimate of drug-likeness (QED) is 0.278. The molecule has 0 spiro atoms. The van der Waals surface area contributed by atoms with Crippen LogP contribution in [-0.2, 0) is 4.79 Å². The van der Waals surface area contributed by atoms with E-state index in [0.29, 0.717) is 5.75 Å². The van der Waals surface area contributed by atoms with Gasteiger partial charge in [-0.1, -0.05) is 42.5 Å². The van der Waals surface area contributed by atoms with Crippen molar-refractivity contribution in [2.24, 2.45) is 0 Å². The van der Waals surface area contributed by atoms with Gasteiger partial charge in [0.2, 0.25) is 0 Å². The molecule has 0 saturated carbocycles. The van der Waals surface area contributed by atoms with Crippen LogP contribution in [0, 0.1) is 10.1 Å². The summed E-state index contributed by atoms with van der Waals surface area (Å²) < 4.78 is 6.25. The van der Waals surface area contributed by atoms with Gasteiger partial charge in [0.05, 0.1) is 9.40 Å². The lowest BCUT2D eigenvalue weighted by Gasteiger charge is -2.12. The molecule has 0 heterocycles. The molecule has 0 aromatic heterocycles. The Hall–Kier alpha value is -3.57. The lowest BCUT2D eigenvalue weighted by molar-refractivity contribution is -0.385. The van der Waals surface area contributed by atoms with Gasteiger partial charge < -0.3 is 4.74 Å². The van der Waals surface area contributed by atoms with E-state index in [2.05, 4.69) is 32.1 Å². The molecule has 0 radical (unpaired) electrons. The molecular formula is C20H15BrN4O5S. The summed E-state index contributed by atoms with van der Waals surface area (Å²) in [5.74, 6) is -0.848. The number of fused-ring (bicyclic) bond motifs is 1. The van der Waals surface area contributed by atoms with Crippen molar-refractivity contribution in [3.05, 3.63) is 80.8 Å². The Morgan fingerprint density at radius 2 is 1.74 bits per heavy atom. The van der Waals surface area contributed by atoms with Gasteiger partial charge in [-0.2, -0.15) is 0 Å². The molecular weight excluding hydrogens is 488 g/mol. The first kappa shape index (κ1) is 22.1. The standard InChI is InChI=1S/C20H15BrN4O5S/c21-18-13-6-2-1-5-12(13)9-10-16(18)30-11-17(26)23-24-20(31)22-19(27)14-7-3-4-8-15(14)25(28)29/h1-10H,11H2,(H,23,26)(H2,22,24,27,31). The number of nitrogens with zero attached hydrogens (tertiary/aromatic N) is 1. The molecule has 0 saturated heterocycles. The fourth-order valence-electron chi connectivity index (χ4n) is 2.66. The van der Waals surface area contributed by atoms with Gasteiger partial charge in [0.15, 0.2) is 11.7 Å². The number of thiocarbonyl (C=S) groups is 1. The van der Waals surface area contributed by atoms with Gasteiger partial charge >= 0.3 is 0 Å². The summed E-state index contributed by atoms with van der Waals surface area (Å²) in [6.07, 6.45) is 0. The smallest absolute Gasteiger partial charge is 0.282 e. The molecule has 0 aliphatic heterocycles. The topological polar surface area (TPSA) is 123 Å². The average molecular weight is 503 g/mol.